The number of nitrogens with zero attached hydrogens (tertiary/aromatic N) is 1. The van der Waals surface area contributed by atoms with Crippen molar-refractivity contribution in [3.63, 3.8) is 0 Å². The molecule has 1 aliphatic heterocycles. The number of benzene rings is 1. The van der Waals surface area contributed by atoms with E-state index < -0.39 is 0 Å². The quantitative estimate of drug-likeness (QED) is 0.771. The van der Waals surface area contributed by atoms with E-state index in [0.717, 1.165) is 34.1 Å². The molecule has 1 unspecified atom stereocenters. The lowest BCUT2D eigenvalue weighted by Gasteiger charge is -2.31. The summed E-state index contributed by atoms with van der Waals surface area (Å²) in [5, 5.41) is 2.96. The highest BCUT2D eigenvalue weighted by molar-refractivity contribution is 9.11. The Morgan fingerprint density at radius 2 is 2.06 bits per heavy atom. The van der Waals surface area contributed by atoms with Crippen molar-refractivity contribution in [3.05, 3.63) is 27.1 Å². The molecule has 0 saturated carbocycles. The first-order valence-corrected chi connectivity index (χ1v) is 7.66. The first-order valence-electron chi connectivity index (χ1n) is 6.08. The van der Waals surface area contributed by atoms with Gasteiger partial charge in [-0.25, -0.2) is 4.79 Å². The lowest BCUT2D eigenvalue weighted by atomic mass is 10.0. The van der Waals surface area contributed by atoms with Crippen molar-refractivity contribution in [3.8, 4) is 0 Å². The van der Waals surface area contributed by atoms with E-state index in [4.69, 9.17) is 0 Å². The number of piperidine rings is 1. The Morgan fingerprint density at radius 1 is 1.39 bits per heavy atom. The van der Waals surface area contributed by atoms with Gasteiger partial charge in [-0.3, -0.25) is 0 Å². The van der Waals surface area contributed by atoms with Crippen LogP contribution < -0.4 is 5.32 Å². The summed E-state index contributed by atoms with van der Waals surface area (Å²) in [5.41, 5.74) is 0.792. The SMILES string of the molecule is CC1CCCN(C(=O)Nc2c(Br)cccc2Br)C1. The number of halogens is 2. The molecule has 2 rings (SSSR count). The van der Waals surface area contributed by atoms with Gasteiger partial charge in [0.25, 0.3) is 0 Å². The van der Waals surface area contributed by atoms with Crippen molar-refractivity contribution in [2.45, 2.75) is 19.8 Å². The maximum atomic E-state index is 12.2. The van der Waals surface area contributed by atoms with Crippen molar-refractivity contribution in [2.75, 3.05) is 18.4 Å². The van der Waals surface area contributed by atoms with E-state index in [0.29, 0.717) is 5.92 Å². The Labute approximate surface area is 124 Å². The lowest BCUT2D eigenvalue weighted by Crippen LogP contribution is -2.41. The number of para-hydroxylation sites is 1. The van der Waals surface area contributed by atoms with Gasteiger partial charge < -0.3 is 10.2 Å². The average Bonchev–Trinajstić information content (AvgIpc) is 2.34. The van der Waals surface area contributed by atoms with Crippen LogP contribution in [0.2, 0.25) is 0 Å². The molecule has 1 saturated heterocycles. The number of amides is 2. The van der Waals surface area contributed by atoms with Gasteiger partial charge >= 0.3 is 6.03 Å². The number of likely N-dealkylation sites (tertiary alicyclic amines) is 1. The molecule has 0 radical (unpaired) electrons. The third-order valence-corrected chi connectivity index (χ3v) is 4.46. The fraction of sp³-hybridized carbons (Fsp3) is 0.462. The summed E-state index contributed by atoms with van der Waals surface area (Å²) >= 11 is 6.90. The first kappa shape index (κ1) is 13.9. The molecule has 1 aromatic rings. The van der Waals surface area contributed by atoms with Crippen LogP contribution in [-0.2, 0) is 0 Å². The van der Waals surface area contributed by atoms with Crippen LogP contribution in [0.1, 0.15) is 19.8 Å². The number of hydrogen-bond donors (Lipinski definition) is 1. The molecule has 18 heavy (non-hydrogen) atoms. The normalized spacial score (nSPS) is 19.7. The Hall–Kier alpha value is -0.550. The number of nitrogens with one attached hydrogen (secondary N) is 1. The molecule has 0 spiro atoms. The van der Waals surface area contributed by atoms with Gasteiger partial charge in [0.1, 0.15) is 0 Å². The largest absolute Gasteiger partial charge is 0.324 e. The Kier molecular flexibility index (Phi) is 4.67. The fourth-order valence-electron chi connectivity index (χ4n) is 2.18. The van der Waals surface area contributed by atoms with Crippen LogP contribution in [-0.4, -0.2) is 24.0 Å². The maximum absolute atomic E-state index is 12.2. The average molecular weight is 376 g/mol. The topological polar surface area (TPSA) is 32.3 Å². The number of urea groups is 1. The third kappa shape index (κ3) is 3.26. The van der Waals surface area contributed by atoms with E-state index in [9.17, 15) is 4.79 Å². The van der Waals surface area contributed by atoms with E-state index >= 15 is 0 Å². The van der Waals surface area contributed by atoms with Gasteiger partial charge in [-0.1, -0.05) is 13.0 Å². The van der Waals surface area contributed by atoms with E-state index in [1.54, 1.807) is 0 Å². The van der Waals surface area contributed by atoms with E-state index in [2.05, 4.69) is 44.1 Å². The van der Waals surface area contributed by atoms with Crippen LogP contribution in [0.15, 0.2) is 27.1 Å². The Balaban J connectivity index is 2.07. The molecule has 0 bridgehead atoms. The predicted molar refractivity (Wildman–Crippen MR) is 80.8 cm³/mol. The highest BCUT2D eigenvalue weighted by atomic mass is 79.9. The van der Waals surface area contributed by atoms with Crippen LogP contribution in [0.5, 0.6) is 0 Å². The maximum Gasteiger partial charge on any atom is 0.321 e. The zero-order valence-corrected chi connectivity index (χ0v) is 13.4. The molecule has 1 aliphatic rings. The summed E-state index contributed by atoms with van der Waals surface area (Å²) in [5.74, 6) is 0.590. The molecule has 3 nitrogen and oxygen atoms in total. The third-order valence-electron chi connectivity index (χ3n) is 3.14. The van der Waals surface area contributed by atoms with Crippen molar-refractivity contribution in [2.24, 2.45) is 5.92 Å². The number of carbonyl (C=O) groups excluding carboxylic acids is 1. The second-order valence-corrected chi connectivity index (χ2v) is 6.43. The summed E-state index contributed by atoms with van der Waals surface area (Å²) in [4.78, 5) is 14.1. The van der Waals surface area contributed by atoms with Crippen molar-refractivity contribution in [1.82, 2.24) is 4.90 Å². The molecule has 5 heteroatoms. The van der Waals surface area contributed by atoms with E-state index in [1.807, 2.05) is 23.1 Å². The van der Waals surface area contributed by atoms with Crippen LogP contribution in [0.4, 0.5) is 10.5 Å². The lowest BCUT2D eigenvalue weighted by molar-refractivity contribution is 0.182. The standard InChI is InChI=1S/C13H16Br2N2O/c1-9-4-3-7-17(8-9)13(18)16-12-10(14)5-2-6-11(12)15/h2,5-6,9H,3-4,7-8H2,1H3,(H,16,18). The predicted octanol–water partition coefficient (Wildman–Crippen LogP) is 4.48. The Morgan fingerprint density at radius 3 is 2.67 bits per heavy atom. The van der Waals surface area contributed by atoms with Crippen molar-refractivity contribution in [1.29, 1.82) is 0 Å². The molecule has 1 fully saturated rings. The summed E-state index contributed by atoms with van der Waals surface area (Å²) in [7, 11) is 0. The zero-order valence-electron chi connectivity index (χ0n) is 10.2. The Bertz CT molecular complexity index is 430. The molecule has 1 heterocycles. The monoisotopic (exact) mass is 374 g/mol. The molecule has 1 aromatic carbocycles. The molecule has 1 atom stereocenters. The number of hydrogen-bond acceptors (Lipinski definition) is 1. The molecular formula is C13H16Br2N2O. The highest BCUT2D eigenvalue weighted by Gasteiger charge is 2.21. The van der Waals surface area contributed by atoms with Gasteiger partial charge in [0, 0.05) is 22.0 Å². The van der Waals surface area contributed by atoms with Gasteiger partial charge in [0.15, 0.2) is 0 Å². The summed E-state index contributed by atoms with van der Waals surface area (Å²) in [6, 6.07) is 5.74. The van der Waals surface area contributed by atoms with Gasteiger partial charge in [0.2, 0.25) is 0 Å². The zero-order chi connectivity index (χ0) is 13.1. The molecule has 0 aromatic heterocycles. The number of carbonyl (C=O) groups is 1. The summed E-state index contributed by atoms with van der Waals surface area (Å²) in [6.07, 6.45) is 2.30. The minimum Gasteiger partial charge on any atom is -0.324 e. The number of rotatable bonds is 1. The van der Waals surface area contributed by atoms with Crippen LogP contribution in [0.3, 0.4) is 0 Å². The number of anilines is 1. The minimum atomic E-state index is -0.0193. The summed E-state index contributed by atoms with van der Waals surface area (Å²) < 4.78 is 1.77. The smallest absolute Gasteiger partial charge is 0.321 e. The molecular weight excluding hydrogens is 360 g/mol. The second-order valence-electron chi connectivity index (χ2n) is 4.72. The van der Waals surface area contributed by atoms with Gasteiger partial charge in [-0.15, -0.1) is 0 Å². The second kappa shape index (κ2) is 6.06. The van der Waals surface area contributed by atoms with Gasteiger partial charge in [0.05, 0.1) is 5.69 Å². The molecule has 0 aliphatic carbocycles. The molecule has 98 valence electrons. The first-order chi connectivity index (χ1) is 8.58. The van der Waals surface area contributed by atoms with Crippen molar-refractivity contribution < 1.29 is 4.79 Å². The molecule has 1 N–H and O–H groups in total. The minimum absolute atomic E-state index is 0.0193. The fourth-order valence-corrected chi connectivity index (χ4v) is 3.37. The van der Waals surface area contributed by atoms with Crippen LogP contribution in [0.25, 0.3) is 0 Å². The van der Waals surface area contributed by atoms with Crippen LogP contribution >= 0.6 is 31.9 Å². The molecule has 2 amide bonds. The van der Waals surface area contributed by atoms with Gasteiger partial charge in [-0.05, 0) is 62.8 Å². The van der Waals surface area contributed by atoms with Gasteiger partial charge in [-0.2, -0.15) is 0 Å². The van der Waals surface area contributed by atoms with Crippen LogP contribution in [0, 0.1) is 5.92 Å². The highest BCUT2D eigenvalue weighted by Crippen LogP contribution is 2.31. The van der Waals surface area contributed by atoms with E-state index in [-0.39, 0.29) is 6.03 Å². The van der Waals surface area contributed by atoms with E-state index in [1.165, 1.54) is 6.42 Å². The van der Waals surface area contributed by atoms with Crippen molar-refractivity contribution >= 4 is 43.6 Å². The summed E-state index contributed by atoms with van der Waals surface area (Å²) in [6.45, 7) is 3.87.